The van der Waals surface area contributed by atoms with Gasteiger partial charge in [-0.3, -0.25) is 5.32 Å². The fourth-order valence-electron chi connectivity index (χ4n) is 1.67. The van der Waals surface area contributed by atoms with Crippen LogP contribution in [0.4, 0.5) is 10.5 Å². The molecule has 0 saturated heterocycles. The van der Waals surface area contributed by atoms with E-state index in [4.69, 9.17) is 27.9 Å². The van der Waals surface area contributed by atoms with Crippen molar-refractivity contribution in [3.63, 3.8) is 0 Å². The molecule has 2 aromatic carbocycles. The highest BCUT2D eigenvalue weighted by Crippen LogP contribution is 2.24. The van der Waals surface area contributed by atoms with Crippen molar-refractivity contribution in [2.24, 2.45) is 0 Å². The van der Waals surface area contributed by atoms with E-state index >= 15 is 0 Å². The van der Waals surface area contributed by atoms with E-state index < -0.39 is 6.09 Å². The Bertz CT molecular complexity index is 656. The molecule has 0 unspecified atom stereocenters. The van der Waals surface area contributed by atoms with Crippen LogP contribution in [0.25, 0.3) is 0 Å². The molecule has 104 valence electrons. The molecule has 0 heterocycles. The minimum absolute atomic E-state index is 0.434. The van der Waals surface area contributed by atoms with Gasteiger partial charge >= 0.3 is 6.09 Å². The van der Waals surface area contributed by atoms with Gasteiger partial charge in [0.25, 0.3) is 0 Å². The first-order valence-corrected chi connectivity index (χ1v) is 6.73. The van der Waals surface area contributed by atoms with Crippen molar-refractivity contribution < 1.29 is 9.53 Å². The molecule has 3 nitrogen and oxygen atoms in total. The Morgan fingerprint density at radius 2 is 1.85 bits per heavy atom. The van der Waals surface area contributed by atoms with E-state index in [1.165, 1.54) is 0 Å². The lowest BCUT2D eigenvalue weighted by Crippen LogP contribution is -2.17. The van der Waals surface area contributed by atoms with Gasteiger partial charge in [0.2, 0.25) is 0 Å². The van der Waals surface area contributed by atoms with E-state index in [1.54, 1.807) is 36.4 Å². The molecular weight excluding hydrogens is 297 g/mol. The van der Waals surface area contributed by atoms with Crippen molar-refractivity contribution in [1.29, 1.82) is 0 Å². The second-order valence-corrected chi connectivity index (χ2v) is 5.15. The number of benzene rings is 2. The fraction of sp³-hybridized carbons (Fsp3) is 0.133. The van der Waals surface area contributed by atoms with E-state index in [0.717, 1.165) is 11.1 Å². The summed E-state index contributed by atoms with van der Waals surface area (Å²) in [7, 11) is 0. The SMILES string of the molecule is Cc1cc(OC(=O)Nc2cccc(Cl)c2C)ccc1Cl. The summed E-state index contributed by atoms with van der Waals surface area (Å²) < 4.78 is 5.20. The van der Waals surface area contributed by atoms with Crippen LogP contribution in [0.15, 0.2) is 36.4 Å². The fourth-order valence-corrected chi connectivity index (χ4v) is 1.96. The second-order valence-electron chi connectivity index (χ2n) is 4.34. The number of carbonyl (C=O) groups excluding carboxylic acids is 1. The van der Waals surface area contributed by atoms with Crippen LogP contribution < -0.4 is 10.1 Å². The zero-order chi connectivity index (χ0) is 14.7. The molecule has 0 bridgehead atoms. The second kappa shape index (κ2) is 6.16. The summed E-state index contributed by atoms with van der Waals surface area (Å²) in [5, 5.41) is 3.87. The monoisotopic (exact) mass is 309 g/mol. The van der Waals surface area contributed by atoms with Gasteiger partial charge in [0, 0.05) is 15.7 Å². The number of rotatable bonds is 2. The van der Waals surface area contributed by atoms with Gasteiger partial charge < -0.3 is 4.74 Å². The third-order valence-corrected chi connectivity index (χ3v) is 3.68. The smallest absolute Gasteiger partial charge is 0.410 e. The van der Waals surface area contributed by atoms with E-state index in [-0.39, 0.29) is 0 Å². The molecule has 2 aromatic rings. The maximum atomic E-state index is 11.8. The summed E-state index contributed by atoms with van der Waals surface area (Å²) >= 11 is 11.9. The first kappa shape index (κ1) is 14.7. The van der Waals surface area contributed by atoms with E-state index in [1.807, 2.05) is 13.8 Å². The molecule has 0 radical (unpaired) electrons. The van der Waals surface area contributed by atoms with Gasteiger partial charge in [0.15, 0.2) is 0 Å². The number of anilines is 1. The summed E-state index contributed by atoms with van der Waals surface area (Å²) in [4.78, 5) is 11.8. The standard InChI is InChI=1S/C15H13Cl2NO2/c1-9-8-11(6-7-12(9)16)20-15(19)18-14-5-3-4-13(17)10(14)2/h3-8H,1-2H3,(H,18,19). The van der Waals surface area contributed by atoms with Crippen LogP contribution in [0, 0.1) is 13.8 Å². The Balaban J connectivity index is 2.09. The van der Waals surface area contributed by atoms with E-state index in [9.17, 15) is 4.79 Å². The molecule has 0 aliphatic rings. The summed E-state index contributed by atoms with van der Waals surface area (Å²) in [6.07, 6.45) is -0.572. The van der Waals surface area contributed by atoms with E-state index in [0.29, 0.717) is 21.5 Å². The Morgan fingerprint density at radius 3 is 2.55 bits per heavy atom. The first-order chi connectivity index (χ1) is 9.47. The largest absolute Gasteiger partial charge is 0.417 e. The quantitative estimate of drug-likeness (QED) is 0.825. The summed E-state index contributed by atoms with van der Waals surface area (Å²) in [6, 6.07) is 10.3. The van der Waals surface area contributed by atoms with Crippen molar-refractivity contribution in [3.05, 3.63) is 57.6 Å². The maximum absolute atomic E-state index is 11.8. The molecule has 0 saturated carbocycles. The number of nitrogens with one attached hydrogen (secondary N) is 1. The van der Waals surface area contributed by atoms with Gasteiger partial charge in [0.05, 0.1) is 0 Å². The van der Waals surface area contributed by atoms with Gasteiger partial charge in [-0.25, -0.2) is 4.79 Å². The molecule has 1 amide bonds. The molecular formula is C15H13Cl2NO2. The summed E-state index contributed by atoms with van der Waals surface area (Å²) in [6.45, 7) is 3.67. The van der Waals surface area contributed by atoms with Crippen LogP contribution in [0.5, 0.6) is 5.75 Å². The predicted octanol–water partition coefficient (Wildman–Crippen LogP) is 5.22. The van der Waals surface area contributed by atoms with Crippen molar-refractivity contribution in [3.8, 4) is 5.75 Å². The zero-order valence-corrected chi connectivity index (χ0v) is 12.5. The summed E-state index contributed by atoms with van der Waals surface area (Å²) in [5.41, 5.74) is 2.25. The zero-order valence-electron chi connectivity index (χ0n) is 11.0. The normalized spacial score (nSPS) is 10.2. The molecule has 0 aliphatic heterocycles. The van der Waals surface area contributed by atoms with Crippen molar-refractivity contribution in [2.45, 2.75) is 13.8 Å². The summed E-state index contributed by atoms with van der Waals surface area (Å²) in [5.74, 6) is 0.434. The molecule has 0 spiro atoms. The Labute approximate surface area is 127 Å². The number of amides is 1. The number of ether oxygens (including phenoxy) is 1. The van der Waals surface area contributed by atoms with Crippen LogP contribution >= 0.6 is 23.2 Å². The molecule has 20 heavy (non-hydrogen) atoms. The van der Waals surface area contributed by atoms with Gasteiger partial charge in [-0.2, -0.15) is 0 Å². The van der Waals surface area contributed by atoms with Crippen LogP contribution in [-0.4, -0.2) is 6.09 Å². The highest BCUT2D eigenvalue weighted by atomic mass is 35.5. The minimum Gasteiger partial charge on any atom is -0.410 e. The van der Waals surface area contributed by atoms with Gasteiger partial charge in [-0.05, 0) is 55.3 Å². The van der Waals surface area contributed by atoms with Crippen molar-refractivity contribution >= 4 is 35.0 Å². The lowest BCUT2D eigenvalue weighted by molar-refractivity contribution is 0.215. The number of hydrogen-bond donors (Lipinski definition) is 1. The van der Waals surface area contributed by atoms with E-state index in [2.05, 4.69) is 5.32 Å². The minimum atomic E-state index is -0.572. The third kappa shape index (κ3) is 3.44. The highest BCUT2D eigenvalue weighted by molar-refractivity contribution is 6.32. The van der Waals surface area contributed by atoms with Crippen LogP contribution in [-0.2, 0) is 0 Å². The number of aryl methyl sites for hydroxylation is 1. The molecule has 2 rings (SSSR count). The molecule has 1 N–H and O–H groups in total. The average molecular weight is 310 g/mol. The Hall–Kier alpha value is -1.71. The van der Waals surface area contributed by atoms with Crippen molar-refractivity contribution in [1.82, 2.24) is 0 Å². The van der Waals surface area contributed by atoms with Gasteiger partial charge in [0.1, 0.15) is 5.75 Å². The van der Waals surface area contributed by atoms with Gasteiger partial charge in [-0.1, -0.05) is 29.3 Å². The van der Waals surface area contributed by atoms with Crippen LogP contribution in [0.2, 0.25) is 10.0 Å². The lowest BCUT2D eigenvalue weighted by Gasteiger charge is -2.10. The average Bonchev–Trinajstić information content (AvgIpc) is 2.39. The van der Waals surface area contributed by atoms with Crippen molar-refractivity contribution in [2.75, 3.05) is 5.32 Å². The van der Waals surface area contributed by atoms with Gasteiger partial charge in [-0.15, -0.1) is 0 Å². The Kier molecular flexibility index (Phi) is 4.53. The van der Waals surface area contributed by atoms with Crippen LogP contribution in [0.1, 0.15) is 11.1 Å². The third-order valence-electron chi connectivity index (χ3n) is 2.84. The maximum Gasteiger partial charge on any atom is 0.417 e. The first-order valence-electron chi connectivity index (χ1n) is 5.97. The number of carbonyl (C=O) groups is 1. The Morgan fingerprint density at radius 1 is 1.10 bits per heavy atom. The molecule has 0 fully saturated rings. The predicted molar refractivity (Wildman–Crippen MR) is 82.0 cm³/mol. The molecule has 0 aromatic heterocycles. The topological polar surface area (TPSA) is 38.3 Å². The number of hydrogen-bond acceptors (Lipinski definition) is 2. The highest BCUT2D eigenvalue weighted by Gasteiger charge is 2.09. The number of halogens is 2. The molecule has 0 atom stereocenters. The van der Waals surface area contributed by atoms with Crippen LogP contribution in [0.3, 0.4) is 0 Å². The molecule has 0 aliphatic carbocycles. The lowest BCUT2D eigenvalue weighted by atomic mass is 10.2. The molecule has 5 heteroatoms.